The summed E-state index contributed by atoms with van der Waals surface area (Å²) in [5.41, 5.74) is 2.44. The predicted octanol–water partition coefficient (Wildman–Crippen LogP) is 3.92. The fraction of sp³-hybridized carbons (Fsp3) is 0.250. The minimum Gasteiger partial charge on any atom is -0.280 e. The van der Waals surface area contributed by atoms with E-state index in [0.717, 1.165) is 11.1 Å². The number of hydrogen-bond donors (Lipinski definition) is 1. The third kappa shape index (κ3) is 3.20. The van der Waals surface area contributed by atoms with Crippen molar-refractivity contribution in [1.29, 1.82) is 0 Å². The Morgan fingerprint density at radius 1 is 1.00 bits per heavy atom. The summed E-state index contributed by atoms with van der Waals surface area (Å²) in [5, 5.41) is 0. The number of rotatable bonds is 4. The molecule has 106 valence electrons. The number of nitrogens with one attached hydrogen (secondary N) is 1. The lowest BCUT2D eigenvalue weighted by molar-refractivity contribution is 0.600. The van der Waals surface area contributed by atoms with Crippen molar-refractivity contribution < 1.29 is 8.42 Å². The summed E-state index contributed by atoms with van der Waals surface area (Å²) in [5.74, 6) is 0.359. The van der Waals surface area contributed by atoms with E-state index in [2.05, 4.69) is 18.6 Å². The summed E-state index contributed by atoms with van der Waals surface area (Å²) < 4.78 is 27.4. The molecule has 0 bridgehead atoms. The first-order valence-electron chi connectivity index (χ1n) is 6.58. The molecule has 0 amide bonds. The summed E-state index contributed by atoms with van der Waals surface area (Å²) in [4.78, 5) is 0.315. The van der Waals surface area contributed by atoms with Crippen LogP contribution in [0.3, 0.4) is 0 Å². The number of aryl methyl sites for hydroxylation is 1. The van der Waals surface area contributed by atoms with Crippen LogP contribution in [0.1, 0.15) is 30.9 Å². The predicted molar refractivity (Wildman–Crippen MR) is 82.5 cm³/mol. The van der Waals surface area contributed by atoms with Crippen molar-refractivity contribution in [1.82, 2.24) is 0 Å². The quantitative estimate of drug-likeness (QED) is 0.927. The second-order valence-corrected chi connectivity index (χ2v) is 6.80. The van der Waals surface area contributed by atoms with Gasteiger partial charge >= 0.3 is 0 Å². The molecule has 0 aliphatic rings. The summed E-state index contributed by atoms with van der Waals surface area (Å²) in [6.45, 7) is 5.95. The van der Waals surface area contributed by atoms with Crippen LogP contribution in [0.15, 0.2) is 53.4 Å². The number of hydrogen-bond acceptors (Lipinski definition) is 2. The van der Waals surface area contributed by atoms with E-state index in [1.807, 2.05) is 24.3 Å². The fourth-order valence-corrected chi connectivity index (χ4v) is 3.33. The molecule has 2 rings (SSSR count). The van der Waals surface area contributed by atoms with Gasteiger partial charge in [-0.2, -0.15) is 0 Å². The van der Waals surface area contributed by atoms with Crippen LogP contribution in [0.2, 0.25) is 0 Å². The molecule has 20 heavy (non-hydrogen) atoms. The van der Waals surface area contributed by atoms with Gasteiger partial charge in [0.1, 0.15) is 0 Å². The highest BCUT2D eigenvalue weighted by Gasteiger charge is 2.16. The molecule has 2 aromatic rings. The second kappa shape index (κ2) is 5.67. The van der Waals surface area contributed by atoms with Gasteiger partial charge in [-0.05, 0) is 42.2 Å². The zero-order chi connectivity index (χ0) is 14.8. The Kier molecular flexibility index (Phi) is 4.14. The highest BCUT2D eigenvalue weighted by atomic mass is 32.2. The van der Waals surface area contributed by atoms with E-state index in [4.69, 9.17) is 0 Å². The van der Waals surface area contributed by atoms with Crippen LogP contribution in [0, 0.1) is 6.92 Å². The van der Waals surface area contributed by atoms with Gasteiger partial charge in [0.2, 0.25) is 0 Å². The van der Waals surface area contributed by atoms with Crippen LogP contribution in [0.5, 0.6) is 0 Å². The van der Waals surface area contributed by atoms with E-state index in [0.29, 0.717) is 16.5 Å². The number of sulfonamides is 1. The molecule has 0 fully saturated rings. The molecule has 3 nitrogen and oxygen atoms in total. The van der Waals surface area contributed by atoms with Gasteiger partial charge in [0.15, 0.2) is 0 Å². The molecule has 0 aliphatic carbocycles. The van der Waals surface area contributed by atoms with Crippen molar-refractivity contribution >= 4 is 15.7 Å². The number of benzene rings is 2. The molecule has 0 radical (unpaired) electrons. The summed E-state index contributed by atoms with van der Waals surface area (Å²) in [7, 11) is -3.54. The van der Waals surface area contributed by atoms with Crippen LogP contribution < -0.4 is 4.72 Å². The smallest absolute Gasteiger partial charge is 0.262 e. The molecule has 0 aromatic heterocycles. The summed E-state index contributed by atoms with van der Waals surface area (Å²) in [6.07, 6.45) is 0. The van der Waals surface area contributed by atoms with Gasteiger partial charge in [0, 0.05) is 5.69 Å². The van der Waals surface area contributed by atoms with Crippen molar-refractivity contribution in [2.24, 2.45) is 0 Å². The average molecular weight is 289 g/mol. The first kappa shape index (κ1) is 14.6. The van der Waals surface area contributed by atoms with Crippen molar-refractivity contribution in [2.45, 2.75) is 31.6 Å². The second-order valence-electron chi connectivity index (χ2n) is 5.15. The molecule has 0 spiro atoms. The third-order valence-electron chi connectivity index (χ3n) is 3.19. The zero-order valence-corrected chi connectivity index (χ0v) is 12.7. The fourth-order valence-electron chi connectivity index (χ4n) is 2.03. The Morgan fingerprint density at radius 3 is 2.35 bits per heavy atom. The van der Waals surface area contributed by atoms with E-state index in [9.17, 15) is 8.42 Å². The van der Waals surface area contributed by atoms with Gasteiger partial charge in [-0.15, -0.1) is 0 Å². The van der Waals surface area contributed by atoms with E-state index in [1.54, 1.807) is 31.2 Å². The molecular formula is C16H19NO2S. The molecule has 0 atom stereocenters. The highest BCUT2D eigenvalue weighted by Crippen LogP contribution is 2.22. The van der Waals surface area contributed by atoms with Crippen molar-refractivity contribution in [3.8, 4) is 0 Å². The van der Waals surface area contributed by atoms with Crippen LogP contribution >= 0.6 is 0 Å². The lowest BCUT2D eigenvalue weighted by Gasteiger charge is -2.12. The average Bonchev–Trinajstić information content (AvgIpc) is 2.38. The number of anilines is 1. The van der Waals surface area contributed by atoms with Crippen LogP contribution in [-0.2, 0) is 10.0 Å². The SMILES string of the molecule is Cc1ccccc1S(=O)(=O)Nc1cccc(C(C)C)c1. The van der Waals surface area contributed by atoms with Crippen molar-refractivity contribution in [3.63, 3.8) is 0 Å². The van der Waals surface area contributed by atoms with Crippen molar-refractivity contribution in [3.05, 3.63) is 59.7 Å². The zero-order valence-electron chi connectivity index (χ0n) is 11.9. The summed E-state index contributed by atoms with van der Waals surface area (Å²) in [6, 6.07) is 14.5. The van der Waals surface area contributed by atoms with Gasteiger partial charge in [-0.25, -0.2) is 8.42 Å². The van der Waals surface area contributed by atoms with E-state index < -0.39 is 10.0 Å². The molecular weight excluding hydrogens is 270 g/mol. The molecule has 4 heteroatoms. The summed E-state index contributed by atoms with van der Waals surface area (Å²) >= 11 is 0. The van der Waals surface area contributed by atoms with Gasteiger partial charge in [0.25, 0.3) is 10.0 Å². The normalized spacial score (nSPS) is 11.6. The lowest BCUT2D eigenvalue weighted by Crippen LogP contribution is -2.14. The van der Waals surface area contributed by atoms with E-state index in [-0.39, 0.29) is 0 Å². The van der Waals surface area contributed by atoms with Crippen LogP contribution in [-0.4, -0.2) is 8.42 Å². The first-order valence-corrected chi connectivity index (χ1v) is 8.07. The van der Waals surface area contributed by atoms with Gasteiger partial charge < -0.3 is 0 Å². The van der Waals surface area contributed by atoms with Gasteiger partial charge in [-0.3, -0.25) is 4.72 Å². The molecule has 2 aromatic carbocycles. The maximum absolute atomic E-state index is 12.4. The largest absolute Gasteiger partial charge is 0.280 e. The Labute approximate surface area is 120 Å². The molecule has 0 heterocycles. The van der Waals surface area contributed by atoms with E-state index in [1.165, 1.54) is 0 Å². The minimum atomic E-state index is -3.54. The highest BCUT2D eigenvalue weighted by molar-refractivity contribution is 7.92. The topological polar surface area (TPSA) is 46.2 Å². The third-order valence-corrected chi connectivity index (χ3v) is 4.73. The van der Waals surface area contributed by atoms with Crippen molar-refractivity contribution in [2.75, 3.05) is 4.72 Å². The maximum Gasteiger partial charge on any atom is 0.262 e. The van der Waals surface area contributed by atoms with Crippen LogP contribution in [0.25, 0.3) is 0 Å². The molecule has 0 unspecified atom stereocenters. The molecule has 1 N–H and O–H groups in total. The molecule has 0 saturated heterocycles. The Balaban J connectivity index is 2.34. The molecule has 0 aliphatic heterocycles. The monoisotopic (exact) mass is 289 g/mol. The lowest BCUT2D eigenvalue weighted by atomic mass is 10.0. The van der Waals surface area contributed by atoms with Gasteiger partial charge in [0.05, 0.1) is 4.90 Å². The maximum atomic E-state index is 12.4. The van der Waals surface area contributed by atoms with Gasteiger partial charge in [-0.1, -0.05) is 44.2 Å². The molecule has 0 saturated carbocycles. The Bertz CT molecular complexity index is 706. The Hall–Kier alpha value is -1.81. The van der Waals surface area contributed by atoms with Crippen LogP contribution in [0.4, 0.5) is 5.69 Å². The minimum absolute atomic E-state index is 0.315. The first-order chi connectivity index (χ1) is 9.40. The van der Waals surface area contributed by atoms with E-state index >= 15 is 0 Å². The standard InChI is InChI=1S/C16H19NO2S/c1-12(2)14-8-6-9-15(11-14)17-20(18,19)16-10-5-4-7-13(16)3/h4-12,17H,1-3H3. The Morgan fingerprint density at radius 2 is 1.70 bits per heavy atom.